The zero-order valence-electron chi connectivity index (χ0n) is 11.3. The van der Waals surface area contributed by atoms with Crippen LogP contribution in [0.25, 0.3) is 5.65 Å². The van der Waals surface area contributed by atoms with Gasteiger partial charge in [0.25, 0.3) is 0 Å². The van der Waals surface area contributed by atoms with Crippen molar-refractivity contribution < 1.29 is 4.79 Å². The zero-order chi connectivity index (χ0) is 13.7. The van der Waals surface area contributed by atoms with E-state index in [1.807, 2.05) is 42.6 Å². The minimum absolute atomic E-state index is 0.0149. The van der Waals surface area contributed by atoms with Crippen molar-refractivity contribution in [2.45, 2.75) is 32.9 Å². The molecule has 0 radical (unpaired) electrons. The van der Waals surface area contributed by atoms with Gasteiger partial charge in [-0.05, 0) is 25.6 Å². The van der Waals surface area contributed by atoms with Crippen molar-refractivity contribution in [3.63, 3.8) is 0 Å². The number of nitrogens with one attached hydrogen (secondary N) is 2. The average molecular weight is 261 g/mol. The van der Waals surface area contributed by atoms with Gasteiger partial charge in [-0.15, -0.1) is 10.2 Å². The Morgan fingerprint density at radius 2 is 2.26 bits per heavy atom. The first kappa shape index (κ1) is 13.5. The lowest BCUT2D eigenvalue weighted by Crippen LogP contribution is -2.33. The van der Waals surface area contributed by atoms with Gasteiger partial charge < -0.3 is 10.6 Å². The molecule has 0 aliphatic heterocycles. The minimum atomic E-state index is 0.0149. The largest absolute Gasteiger partial charge is 0.349 e. The van der Waals surface area contributed by atoms with Crippen LogP contribution in [-0.4, -0.2) is 33.1 Å². The molecule has 2 N–H and O–H groups in total. The first-order valence-electron chi connectivity index (χ1n) is 6.49. The third-order valence-corrected chi connectivity index (χ3v) is 2.87. The van der Waals surface area contributed by atoms with Crippen molar-refractivity contribution in [3.05, 3.63) is 30.2 Å². The molecular formula is C13H19N5O. The first-order valence-corrected chi connectivity index (χ1v) is 6.49. The zero-order valence-corrected chi connectivity index (χ0v) is 11.3. The maximum Gasteiger partial charge on any atom is 0.221 e. The summed E-state index contributed by atoms with van der Waals surface area (Å²) < 4.78 is 1.87. The number of hydrogen-bond donors (Lipinski definition) is 2. The number of carbonyl (C=O) groups excluding carboxylic acids is 1. The van der Waals surface area contributed by atoms with Crippen molar-refractivity contribution >= 4 is 11.6 Å². The number of nitrogens with zero attached hydrogens (tertiary/aromatic N) is 3. The van der Waals surface area contributed by atoms with E-state index in [0.29, 0.717) is 13.0 Å². The van der Waals surface area contributed by atoms with Gasteiger partial charge in [-0.3, -0.25) is 9.20 Å². The van der Waals surface area contributed by atoms with Crippen LogP contribution in [0.15, 0.2) is 24.4 Å². The van der Waals surface area contributed by atoms with Crippen LogP contribution in [-0.2, 0) is 11.3 Å². The van der Waals surface area contributed by atoms with Crippen LogP contribution >= 0.6 is 0 Å². The van der Waals surface area contributed by atoms with Crippen LogP contribution in [0.4, 0.5) is 0 Å². The van der Waals surface area contributed by atoms with Crippen LogP contribution in [0.2, 0.25) is 0 Å². The number of rotatable bonds is 6. The highest BCUT2D eigenvalue weighted by Gasteiger charge is 2.09. The van der Waals surface area contributed by atoms with E-state index in [0.717, 1.165) is 18.0 Å². The molecule has 2 aromatic heterocycles. The molecule has 2 heterocycles. The monoisotopic (exact) mass is 261 g/mol. The van der Waals surface area contributed by atoms with Crippen LogP contribution in [0.5, 0.6) is 0 Å². The molecular weight excluding hydrogens is 242 g/mol. The van der Waals surface area contributed by atoms with Gasteiger partial charge in [0, 0.05) is 18.7 Å². The molecule has 0 bridgehead atoms. The molecule has 1 atom stereocenters. The molecule has 1 unspecified atom stereocenters. The quantitative estimate of drug-likeness (QED) is 0.804. The summed E-state index contributed by atoms with van der Waals surface area (Å²) in [4.78, 5) is 11.8. The van der Waals surface area contributed by atoms with Gasteiger partial charge in [-0.25, -0.2) is 0 Å². The number of carbonyl (C=O) groups is 1. The molecule has 2 rings (SSSR count). The Morgan fingerprint density at radius 3 is 3.05 bits per heavy atom. The van der Waals surface area contributed by atoms with E-state index in [9.17, 15) is 4.79 Å². The van der Waals surface area contributed by atoms with Crippen LogP contribution in [0.1, 0.15) is 26.1 Å². The number of aromatic nitrogens is 3. The predicted molar refractivity (Wildman–Crippen MR) is 72.6 cm³/mol. The van der Waals surface area contributed by atoms with E-state index >= 15 is 0 Å². The number of fused-ring (bicyclic) bond motifs is 1. The molecule has 19 heavy (non-hydrogen) atoms. The summed E-state index contributed by atoms with van der Waals surface area (Å²) in [5.41, 5.74) is 0.785. The molecule has 6 heteroatoms. The highest BCUT2D eigenvalue weighted by Crippen LogP contribution is 2.02. The third kappa shape index (κ3) is 3.51. The number of amides is 1. The van der Waals surface area contributed by atoms with Crippen molar-refractivity contribution in [1.29, 1.82) is 0 Å². The standard InChI is InChI=1S/C13H19N5O/c1-3-14-10(2)8-13(19)15-9-12-17-16-11-6-4-5-7-18(11)12/h4-7,10,14H,3,8-9H2,1-2H3,(H,15,19). The highest BCUT2D eigenvalue weighted by atomic mass is 16.1. The van der Waals surface area contributed by atoms with E-state index in [4.69, 9.17) is 0 Å². The smallest absolute Gasteiger partial charge is 0.221 e. The summed E-state index contributed by atoms with van der Waals surface area (Å²) in [6.07, 6.45) is 2.35. The fourth-order valence-electron chi connectivity index (χ4n) is 1.96. The summed E-state index contributed by atoms with van der Waals surface area (Å²) in [5.74, 6) is 0.751. The lowest BCUT2D eigenvalue weighted by molar-refractivity contribution is -0.121. The van der Waals surface area contributed by atoms with Gasteiger partial charge in [-0.2, -0.15) is 0 Å². The van der Waals surface area contributed by atoms with Gasteiger partial charge in [0.2, 0.25) is 5.91 Å². The van der Waals surface area contributed by atoms with E-state index in [2.05, 4.69) is 20.8 Å². The van der Waals surface area contributed by atoms with Crippen molar-refractivity contribution in [1.82, 2.24) is 25.2 Å². The molecule has 0 aliphatic rings. The Morgan fingerprint density at radius 1 is 1.42 bits per heavy atom. The maximum atomic E-state index is 11.8. The van der Waals surface area contributed by atoms with Gasteiger partial charge in [0.05, 0.1) is 6.54 Å². The van der Waals surface area contributed by atoms with Gasteiger partial charge in [0.15, 0.2) is 11.5 Å². The molecule has 0 spiro atoms. The summed E-state index contributed by atoms with van der Waals surface area (Å²) in [7, 11) is 0. The lowest BCUT2D eigenvalue weighted by atomic mass is 10.2. The Kier molecular flexibility index (Phi) is 4.46. The van der Waals surface area contributed by atoms with Gasteiger partial charge >= 0.3 is 0 Å². The molecule has 0 aliphatic carbocycles. The van der Waals surface area contributed by atoms with E-state index < -0.39 is 0 Å². The average Bonchev–Trinajstić information content (AvgIpc) is 2.80. The normalized spacial score (nSPS) is 12.5. The van der Waals surface area contributed by atoms with Crippen molar-refractivity contribution in [2.24, 2.45) is 0 Å². The Labute approximate surface area is 112 Å². The van der Waals surface area contributed by atoms with Gasteiger partial charge in [0.1, 0.15) is 0 Å². The minimum Gasteiger partial charge on any atom is -0.349 e. The van der Waals surface area contributed by atoms with Crippen molar-refractivity contribution in [3.8, 4) is 0 Å². The Hall–Kier alpha value is -1.95. The second-order valence-electron chi connectivity index (χ2n) is 4.48. The molecule has 2 aromatic rings. The molecule has 102 valence electrons. The summed E-state index contributed by atoms with van der Waals surface area (Å²) in [6.45, 7) is 5.28. The molecule has 6 nitrogen and oxygen atoms in total. The molecule has 0 fully saturated rings. The van der Waals surface area contributed by atoms with Crippen LogP contribution in [0.3, 0.4) is 0 Å². The van der Waals surface area contributed by atoms with E-state index in [1.54, 1.807) is 0 Å². The Balaban J connectivity index is 1.90. The predicted octanol–water partition coefficient (Wildman–Crippen LogP) is 0.734. The van der Waals surface area contributed by atoms with Gasteiger partial charge in [-0.1, -0.05) is 13.0 Å². The molecule has 0 saturated heterocycles. The molecule has 0 aromatic carbocycles. The van der Waals surface area contributed by atoms with Crippen LogP contribution in [0, 0.1) is 0 Å². The third-order valence-electron chi connectivity index (χ3n) is 2.87. The molecule has 1 amide bonds. The van der Waals surface area contributed by atoms with E-state index in [-0.39, 0.29) is 11.9 Å². The fraction of sp³-hybridized carbons (Fsp3) is 0.462. The lowest BCUT2D eigenvalue weighted by Gasteiger charge is -2.11. The SMILES string of the molecule is CCNC(C)CC(=O)NCc1nnc2ccccn12. The first-order chi connectivity index (χ1) is 9.20. The second kappa shape index (κ2) is 6.29. The van der Waals surface area contributed by atoms with E-state index in [1.165, 1.54) is 0 Å². The highest BCUT2D eigenvalue weighted by molar-refractivity contribution is 5.76. The van der Waals surface area contributed by atoms with Crippen LogP contribution < -0.4 is 10.6 Å². The fourth-order valence-corrected chi connectivity index (χ4v) is 1.96. The second-order valence-corrected chi connectivity index (χ2v) is 4.48. The number of pyridine rings is 1. The molecule has 0 saturated carbocycles. The summed E-state index contributed by atoms with van der Waals surface area (Å²) >= 11 is 0. The topological polar surface area (TPSA) is 71.3 Å². The number of hydrogen-bond acceptors (Lipinski definition) is 4. The Bertz CT molecular complexity index is 551. The maximum absolute atomic E-state index is 11.8. The van der Waals surface area contributed by atoms with Crippen molar-refractivity contribution in [2.75, 3.05) is 6.54 Å². The summed E-state index contributed by atoms with van der Waals surface area (Å²) in [5, 5.41) is 14.2. The summed E-state index contributed by atoms with van der Waals surface area (Å²) in [6, 6.07) is 5.88.